The summed E-state index contributed by atoms with van der Waals surface area (Å²) < 4.78 is 17.2. The van der Waals surface area contributed by atoms with Gasteiger partial charge in [0.1, 0.15) is 17.2 Å². The highest BCUT2D eigenvalue weighted by molar-refractivity contribution is 7.80. The number of fused-ring (bicyclic) bond motifs is 1. The van der Waals surface area contributed by atoms with Crippen molar-refractivity contribution in [2.45, 2.75) is 13.0 Å². The second kappa shape index (κ2) is 9.15. The predicted octanol–water partition coefficient (Wildman–Crippen LogP) is 5.25. The summed E-state index contributed by atoms with van der Waals surface area (Å²) in [5.41, 5.74) is 1.97. The number of hydrogen-bond acceptors (Lipinski definition) is 6. The van der Waals surface area contributed by atoms with Crippen molar-refractivity contribution < 1.29 is 19.0 Å². The van der Waals surface area contributed by atoms with Crippen molar-refractivity contribution in [1.82, 2.24) is 0 Å². The molecule has 0 aliphatic carbocycles. The Morgan fingerprint density at radius 2 is 1.87 bits per heavy atom. The number of thiocarbonyl (C=S) groups is 1. The van der Waals surface area contributed by atoms with Crippen molar-refractivity contribution in [3.05, 3.63) is 71.1 Å². The van der Waals surface area contributed by atoms with Crippen molar-refractivity contribution >= 4 is 45.3 Å². The normalized spacial score (nSPS) is 14.6. The topological polar surface area (TPSA) is 68.8 Å². The average molecular weight is 441 g/mol. The first-order chi connectivity index (χ1) is 14.7. The molecule has 30 heavy (non-hydrogen) atoms. The molecule has 154 valence electrons. The minimum atomic E-state index is -0.429. The molecule has 0 unspecified atom stereocenters. The predicted molar refractivity (Wildman–Crippen MR) is 122 cm³/mol. The highest BCUT2D eigenvalue weighted by Crippen LogP contribution is 2.40. The molecule has 6 nitrogen and oxygen atoms in total. The smallest absolute Gasteiger partial charge is 0.341 e. The van der Waals surface area contributed by atoms with Crippen molar-refractivity contribution in [3.8, 4) is 11.5 Å². The minimum Gasteiger partial charge on any atom is -0.485 e. The molecule has 8 heteroatoms. The fourth-order valence-corrected chi connectivity index (χ4v) is 4.35. The standard InChI is InChI=1S/C22H20N2O4S2/c1-2-26-21(25)19-15(18-12-27-16-10-6-7-11-17(16)28-18)13-30-20(19)24-22(29)23-14-8-4-3-5-9-14/h3-11,13,18H,2,12H2,1H3,(H2,23,24,29)/t18-/m0/s1. The molecule has 1 aliphatic heterocycles. The first kappa shape index (κ1) is 20.2. The molecule has 0 amide bonds. The summed E-state index contributed by atoms with van der Waals surface area (Å²) in [4.78, 5) is 12.8. The second-order valence-electron chi connectivity index (χ2n) is 6.43. The van der Waals surface area contributed by atoms with E-state index in [1.54, 1.807) is 6.92 Å². The van der Waals surface area contributed by atoms with E-state index in [0.717, 1.165) is 5.69 Å². The average Bonchev–Trinajstić information content (AvgIpc) is 3.17. The van der Waals surface area contributed by atoms with Gasteiger partial charge in [0.2, 0.25) is 0 Å². The molecule has 1 aromatic heterocycles. The number of rotatable bonds is 5. The lowest BCUT2D eigenvalue weighted by Gasteiger charge is -2.26. The number of benzene rings is 2. The zero-order chi connectivity index (χ0) is 20.9. The van der Waals surface area contributed by atoms with E-state index in [4.69, 9.17) is 26.4 Å². The first-order valence-electron chi connectivity index (χ1n) is 9.45. The molecule has 2 heterocycles. The monoisotopic (exact) mass is 440 g/mol. The molecule has 4 rings (SSSR count). The Hall–Kier alpha value is -3.10. The molecule has 1 aliphatic rings. The quantitative estimate of drug-likeness (QED) is 0.415. The SMILES string of the molecule is CCOC(=O)c1c([C@@H]2COc3ccccc3O2)csc1NC(=S)Nc1ccccc1. The molecule has 2 N–H and O–H groups in total. The zero-order valence-corrected chi connectivity index (χ0v) is 17.8. The number of carbonyl (C=O) groups is 1. The Labute approximate surface area is 183 Å². The summed E-state index contributed by atoms with van der Waals surface area (Å²) in [5.74, 6) is 0.903. The lowest BCUT2D eigenvalue weighted by molar-refractivity contribution is 0.0513. The molecule has 0 bridgehead atoms. The van der Waals surface area contributed by atoms with Gasteiger partial charge in [0.05, 0.1) is 6.61 Å². The summed E-state index contributed by atoms with van der Waals surface area (Å²) in [5, 5.41) is 9.08. The Kier molecular flexibility index (Phi) is 6.15. The Bertz CT molecular complexity index is 1050. The summed E-state index contributed by atoms with van der Waals surface area (Å²) in [6.45, 7) is 2.34. The van der Waals surface area contributed by atoms with Crippen LogP contribution in [0.25, 0.3) is 0 Å². The maximum absolute atomic E-state index is 12.8. The molecule has 0 saturated carbocycles. The maximum atomic E-state index is 12.8. The number of ether oxygens (including phenoxy) is 3. The van der Waals surface area contributed by atoms with Crippen LogP contribution in [0.5, 0.6) is 11.5 Å². The van der Waals surface area contributed by atoms with Gasteiger partial charge in [-0.2, -0.15) is 0 Å². The third-order valence-corrected chi connectivity index (χ3v) is 5.53. The highest BCUT2D eigenvalue weighted by atomic mass is 32.1. The van der Waals surface area contributed by atoms with Crippen LogP contribution in [0.1, 0.15) is 28.9 Å². The van der Waals surface area contributed by atoms with Crippen LogP contribution < -0.4 is 20.1 Å². The van der Waals surface area contributed by atoms with E-state index in [9.17, 15) is 4.79 Å². The van der Waals surface area contributed by atoms with Crippen molar-refractivity contribution in [2.24, 2.45) is 0 Å². The van der Waals surface area contributed by atoms with E-state index in [-0.39, 0.29) is 6.61 Å². The molecule has 0 spiro atoms. The van der Waals surface area contributed by atoms with Gasteiger partial charge in [-0.25, -0.2) is 4.79 Å². The Balaban J connectivity index is 1.58. The van der Waals surface area contributed by atoms with E-state index < -0.39 is 12.1 Å². The third kappa shape index (κ3) is 4.39. The van der Waals surface area contributed by atoms with Gasteiger partial charge in [0, 0.05) is 16.6 Å². The fourth-order valence-electron chi connectivity index (χ4n) is 3.07. The van der Waals surface area contributed by atoms with Gasteiger partial charge < -0.3 is 24.8 Å². The zero-order valence-electron chi connectivity index (χ0n) is 16.2. The summed E-state index contributed by atoms with van der Waals surface area (Å²) in [6, 6.07) is 17.0. The van der Waals surface area contributed by atoms with Crippen molar-refractivity contribution in [2.75, 3.05) is 23.8 Å². The van der Waals surface area contributed by atoms with Crippen molar-refractivity contribution in [3.63, 3.8) is 0 Å². The lowest BCUT2D eigenvalue weighted by Crippen LogP contribution is -2.24. The van der Waals surface area contributed by atoms with Gasteiger partial charge in [0.25, 0.3) is 0 Å². The van der Waals surface area contributed by atoms with E-state index in [2.05, 4.69) is 10.6 Å². The second-order valence-corrected chi connectivity index (χ2v) is 7.71. The van der Waals surface area contributed by atoms with Crippen LogP contribution in [0.3, 0.4) is 0 Å². The van der Waals surface area contributed by atoms with Gasteiger partial charge in [-0.05, 0) is 43.4 Å². The number of para-hydroxylation sites is 3. The Morgan fingerprint density at radius 1 is 1.13 bits per heavy atom. The van der Waals surface area contributed by atoms with E-state index in [1.165, 1.54) is 11.3 Å². The summed E-state index contributed by atoms with van der Waals surface area (Å²) in [6.07, 6.45) is -0.429. The number of carbonyl (C=O) groups excluding carboxylic acids is 1. The number of thiophene rings is 1. The molecular weight excluding hydrogens is 420 g/mol. The van der Waals surface area contributed by atoms with E-state index >= 15 is 0 Å². The van der Waals surface area contributed by atoms with E-state index in [0.29, 0.717) is 39.3 Å². The minimum absolute atomic E-state index is 0.269. The van der Waals surface area contributed by atoms with Crippen LogP contribution in [0, 0.1) is 0 Å². The van der Waals surface area contributed by atoms with Crippen LogP contribution in [-0.4, -0.2) is 24.3 Å². The summed E-state index contributed by atoms with van der Waals surface area (Å²) >= 11 is 6.79. The van der Waals surface area contributed by atoms with E-state index in [1.807, 2.05) is 60.0 Å². The fraction of sp³-hybridized carbons (Fsp3) is 0.182. The molecular formula is C22H20N2O4S2. The highest BCUT2D eigenvalue weighted by Gasteiger charge is 2.30. The van der Waals surface area contributed by atoms with Gasteiger partial charge in [-0.15, -0.1) is 11.3 Å². The van der Waals surface area contributed by atoms with Crippen LogP contribution in [0.4, 0.5) is 10.7 Å². The molecule has 2 aromatic carbocycles. The third-order valence-electron chi connectivity index (χ3n) is 4.41. The van der Waals surface area contributed by atoms with Crippen LogP contribution in [0.15, 0.2) is 60.0 Å². The van der Waals surface area contributed by atoms with Crippen molar-refractivity contribution in [1.29, 1.82) is 0 Å². The molecule has 0 fully saturated rings. The van der Waals surface area contributed by atoms with Gasteiger partial charge >= 0.3 is 5.97 Å². The largest absolute Gasteiger partial charge is 0.485 e. The van der Waals surface area contributed by atoms with Crippen LogP contribution in [0.2, 0.25) is 0 Å². The number of nitrogens with one attached hydrogen (secondary N) is 2. The van der Waals surface area contributed by atoms with Gasteiger partial charge in [-0.1, -0.05) is 30.3 Å². The number of anilines is 2. The number of hydrogen-bond donors (Lipinski definition) is 2. The summed E-state index contributed by atoms with van der Waals surface area (Å²) in [7, 11) is 0. The lowest BCUT2D eigenvalue weighted by atomic mass is 10.1. The number of esters is 1. The van der Waals surface area contributed by atoms with Crippen LogP contribution >= 0.6 is 23.6 Å². The van der Waals surface area contributed by atoms with Gasteiger partial charge in [-0.3, -0.25) is 0 Å². The van der Waals surface area contributed by atoms with Gasteiger partial charge in [0.15, 0.2) is 22.7 Å². The molecule has 0 radical (unpaired) electrons. The molecule has 0 saturated heterocycles. The molecule has 3 aromatic rings. The molecule has 1 atom stereocenters. The Morgan fingerprint density at radius 3 is 2.63 bits per heavy atom. The first-order valence-corrected chi connectivity index (χ1v) is 10.7. The maximum Gasteiger partial charge on any atom is 0.341 e. The van der Waals surface area contributed by atoms with Crippen LogP contribution in [-0.2, 0) is 4.74 Å².